The molecule has 2 aromatic rings. The summed E-state index contributed by atoms with van der Waals surface area (Å²) in [6, 6.07) is 1.96. The summed E-state index contributed by atoms with van der Waals surface area (Å²) < 4.78 is 1.78. The highest BCUT2D eigenvalue weighted by Crippen LogP contribution is 2.22. The average Bonchev–Trinajstić information content (AvgIpc) is 2.81. The third kappa shape index (κ3) is 2.23. The minimum Gasteiger partial charge on any atom is -0.391 e. The van der Waals surface area contributed by atoms with Gasteiger partial charge in [0.2, 0.25) is 0 Å². The van der Waals surface area contributed by atoms with Crippen molar-refractivity contribution < 1.29 is 5.11 Å². The van der Waals surface area contributed by atoms with Gasteiger partial charge in [-0.2, -0.15) is 5.10 Å². The second-order valence-corrected chi connectivity index (χ2v) is 5.22. The highest BCUT2D eigenvalue weighted by molar-refractivity contribution is 5.69. The Kier molecular flexibility index (Phi) is 3.02. The van der Waals surface area contributed by atoms with Crippen LogP contribution in [-0.2, 0) is 0 Å². The van der Waals surface area contributed by atoms with Gasteiger partial charge in [-0.05, 0) is 18.9 Å². The lowest BCUT2D eigenvalue weighted by atomic mass is 10.1. The number of hydrogen-bond acceptors (Lipinski definition) is 5. The smallest absolute Gasteiger partial charge is 0.180 e. The van der Waals surface area contributed by atoms with Crippen molar-refractivity contribution in [1.82, 2.24) is 14.6 Å². The van der Waals surface area contributed by atoms with Crippen LogP contribution in [0.2, 0.25) is 0 Å². The lowest BCUT2D eigenvalue weighted by molar-refractivity contribution is 0.154. The van der Waals surface area contributed by atoms with Crippen molar-refractivity contribution in [2.75, 3.05) is 37.0 Å². The van der Waals surface area contributed by atoms with Crippen molar-refractivity contribution in [3.8, 4) is 0 Å². The SMILES string of the molecule is CN(C)c1cnn2ccc(N3CCC[C@H](O)C3)nc12. The number of β-amino-alcohol motifs (C(OH)–C–C–N with tert-alkyl or cyclic N) is 1. The highest BCUT2D eigenvalue weighted by Gasteiger charge is 2.19. The van der Waals surface area contributed by atoms with Crippen molar-refractivity contribution in [3.63, 3.8) is 0 Å². The largest absolute Gasteiger partial charge is 0.391 e. The van der Waals surface area contributed by atoms with Crippen LogP contribution >= 0.6 is 0 Å². The van der Waals surface area contributed by atoms with Crippen molar-refractivity contribution in [2.24, 2.45) is 0 Å². The maximum absolute atomic E-state index is 9.76. The van der Waals surface area contributed by atoms with Gasteiger partial charge in [0, 0.05) is 33.4 Å². The van der Waals surface area contributed by atoms with Crippen LogP contribution in [-0.4, -0.2) is 53.0 Å². The fourth-order valence-corrected chi connectivity index (χ4v) is 2.50. The molecule has 0 saturated carbocycles. The van der Waals surface area contributed by atoms with E-state index in [2.05, 4.69) is 15.0 Å². The van der Waals surface area contributed by atoms with E-state index in [1.165, 1.54) is 0 Å². The molecule has 6 heteroatoms. The van der Waals surface area contributed by atoms with Crippen LogP contribution in [0.3, 0.4) is 0 Å². The Morgan fingerprint density at radius 1 is 1.42 bits per heavy atom. The molecule has 2 aromatic heterocycles. The van der Waals surface area contributed by atoms with Crippen LogP contribution < -0.4 is 9.80 Å². The molecule has 3 heterocycles. The van der Waals surface area contributed by atoms with Crippen LogP contribution in [0.1, 0.15) is 12.8 Å². The topological polar surface area (TPSA) is 56.9 Å². The van der Waals surface area contributed by atoms with Crippen molar-refractivity contribution >= 4 is 17.2 Å². The van der Waals surface area contributed by atoms with Gasteiger partial charge in [-0.3, -0.25) is 0 Å². The standard InChI is InChI=1S/C13H19N5O/c1-16(2)11-8-14-18-7-5-12(15-13(11)18)17-6-3-4-10(19)9-17/h5,7-8,10,19H,3-4,6,9H2,1-2H3/t10-/m0/s1. The number of aromatic nitrogens is 3. The molecule has 1 aliphatic heterocycles. The molecule has 0 spiro atoms. The van der Waals surface area contributed by atoms with E-state index in [4.69, 9.17) is 0 Å². The molecule has 102 valence electrons. The molecular formula is C13H19N5O. The Bertz CT molecular complexity index is 579. The second kappa shape index (κ2) is 4.70. The van der Waals surface area contributed by atoms with Gasteiger partial charge in [-0.1, -0.05) is 0 Å². The Morgan fingerprint density at radius 3 is 3.00 bits per heavy atom. The molecule has 0 bridgehead atoms. The van der Waals surface area contributed by atoms with Gasteiger partial charge in [0.25, 0.3) is 0 Å². The molecule has 19 heavy (non-hydrogen) atoms. The van der Waals surface area contributed by atoms with Gasteiger partial charge in [0.1, 0.15) is 11.5 Å². The molecule has 3 rings (SSSR count). The number of fused-ring (bicyclic) bond motifs is 1. The maximum atomic E-state index is 9.76. The molecule has 6 nitrogen and oxygen atoms in total. The zero-order chi connectivity index (χ0) is 13.4. The van der Waals surface area contributed by atoms with Gasteiger partial charge < -0.3 is 14.9 Å². The van der Waals surface area contributed by atoms with Crippen LogP contribution in [0.15, 0.2) is 18.5 Å². The molecule has 0 radical (unpaired) electrons. The van der Waals surface area contributed by atoms with Gasteiger partial charge in [-0.25, -0.2) is 9.50 Å². The fourth-order valence-electron chi connectivity index (χ4n) is 2.50. The normalized spacial score (nSPS) is 19.9. The molecule has 1 N–H and O–H groups in total. The van der Waals surface area contributed by atoms with E-state index >= 15 is 0 Å². The number of anilines is 2. The van der Waals surface area contributed by atoms with E-state index in [0.717, 1.165) is 36.5 Å². The summed E-state index contributed by atoms with van der Waals surface area (Å²) in [4.78, 5) is 8.83. The second-order valence-electron chi connectivity index (χ2n) is 5.22. The molecule has 1 saturated heterocycles. The Balaban J connectivity index is 1.98. The minimum atomic E-state index is -0.245. The monoisotopic (exact) mass is 261 g/mol. The predicted octanol–water partition coefficient (Wildman–Crippen LogP) is 0.756. The third-order valence-corrected chi connectivity index (χ3v) is 3.54. The molecule has 1 fully saturated rings. The van der Waals surface area contributed by atoms with Gasteiger partial charge >= 0.3 is 0 Å². The number of nitrogens with zero attached hydrogens (tertiary/aromatic N) is 5. The Labute approximate surface area is 112 Å². The summed E-state index contributed by atoms with van der Waals surface area (Å²) in [6.45, 7) is 1.61. The Morgan fingerprint density at radius 2 is 2.26 bits per heavy atom. The number of piperidine rings is 1. The van der Waals surface area contributed by atoms with Crippen LogP contribution in [0, 0.1) is 0 Å². The summed E-state index contributed by atoms with van der Waals surface area (Å²) >= 11 is 0. The summed E-state index contributed by atoms with van der Waals surface area (Å²) in [6.07, 6.45) is 5.38. The van der Waals surface area contributed by atoms with Gasteiger partial charge in [0.05, 0.1) is 12.3 Å². The molecule has 1 atom stereocenters. The van der Waals surface area contributed by atoms with Crippen molar-refractivity contribution in [2.45, 2.75) is 18.9 Å². The quantitative estimate of drug-likeness (QED) is 0.865. The van der Waals surface area contributed by atoms with E-state index in [1.807, 2.05) is 37.5 Å². The van der Waals surface area contributed by atoms with Crippen LogP contribution in [0.4, 0.5) is 11.5 Å². The third-order valence-electron chi connectivity index (χ3n) is 3.54. The van der Waals surface area contributed by atoms with E-state index in [0.29, 0.717) is 6.54 Å². The highest BCUT2D eigenvalue weighted by atomic mass is 16.3. The van der Waals surface area contributed by atoms with E-state index in [1.54, 1.807) is 4.52 Å². The van der Waals surface area contributed by atoms with Gasteiger partial charge in [0.15, 0.2) is 5.65 Å². The lowest BCUT2D eigenvalue weighted by Gasteiger charge is -2.31. The first-order valence-electron chi connectivity index (χ1n) is 6.60. The number of aliphatic hydroxyl groups is 1. The summed E-state index contributed by atoms with van der Waals surface area (Å²) in [5.41, 5.74) is 1.85. The first kappa shape index (κ1) is 12.2. The molecule has 0 aliphatic carbocycles. The zero-order valence-electron chi connectivity index (χ0n) is 11.3. The summed E-state index contributed by atoms with van der Waals surface area (Å²) in [5.74, 6) is 0.912. The number of rotatable bonds is 2. The predicted molar refractivity (Wildman–Crippen MR) is 74.8 cm³/mol. The average molecular weight is 261 g/mol. The van der Waals surface area contributed by atoms with E-state index in [-0.39, 0.29) is 6.10 Å². The van der Waals surface area contributed by atoms with Gasteiger partial charge in [-0.15, -0.1) is 0 Å². The van der Waals surface area contributed by atoms with E-state index < -0.39 is 0 Å². The molecule has 1 aliphatic rings. The summed E-state index contributed by atoms with van der Waals surface area (Å²) in [5, 5.41) is 14.0. The van der Waals surface area contributed by atoms with Crippen LogP contribution in [0.25, 0.3) is 5.65 Å². The number of aliphatic hydroxyl groups excluding tert-OH is 1. The lowest BCUT2D eigenvalue weighted by Crippen LogP contribution is -2.38. The molecular weight excluding hydrogens is 242 g/mol. The first-order valence-corrected chi connectivity index (χ1v) is 6.60. The first-order chi connectivity index (χ1) is 9.15. The maximum Gasteiger partial charge on any atom is 0.180 e. The summed E-state index contributed by atoms with van der Waals surface area (Å²) in [7, 11) is 3.96. The van der Waals surface area contributed by atoms with Crippen LogP contribution in [0.5, 0.6) is 0 Å². The Hall–Kier alpha value is -1.82. The number of hydrogen-bond donors (Lipinski definition) is 1. The van der Waals surface area contributed by atoms with Crippen molar-refractivity contribution in [1.29, 1.82) is 0 Å². The zero-order valence-corrected chi connectivity index (χ0v) is 11.3. The van der Waals surface area contributed by atoms with Crippen molar-refractivity contribution in [3.05, 3.63) is 18.5 Å². The minimum absolute atomic E-state index is 0.245. The molecule has 0 amide bonds. The fraction of sp³-hybridized carbons (Fsp3) is 0.538. The van der Waals surface area contributed by atoms with E-state index in [9.17, 15) is 5.11 Å². The molecule has 0 unspecified atom stereocenters. The molecule has 0 aromatic carbocycles.